The van der Waals surface area contributed by atoms with Gasteiger partial charge in [-0.15, -0.1) is 0 Å². The van der Waals surface area contributed by atoms with E-state index in [1.54, 1.807) is 22.6 Å². The fraction of sp³-hybridized carbons (Fsp3) is 0.320. The standard InChI is InChI=1S/C25H25N7O3/c1-15-10-20-21(13-31(15)16(2)33)26-14-27-24(20)35-19-5-6-22-17(11-19)7-9-30(22)25(34)28-23-12-18-4-3-8-32(18)29-23/h5-7,9,11-12,14-15H,3-4,8,10,13H2,1-2H3,(H,28,29,34)/t15-/m0/s1. The van der Waals surface area contributed by atoms with E-state index in [1.807, 2.05) is 41.9 Å². The summed E-state index contributed by atoms with van der Waals surface area (Å²) in [4.78, 5) is 35.3. The highest BCUT2D eigenvalue weighted by atomic mass is 16.5. The summed E-state index contributed by atoms with van der Waals surface area (Å²) < 4.78 is 9.66. The molecule has 5 heterocycles. The van der Waals surface area contributed by atoms with Crippen LogP contribution in [0.25, 0.3) is 10.9 Å². The van der Waals surface area contributed by atoms with E-state index in [4.69, 9.17) is 4.74 Å². The van der Waals surface area contributed by atoms with Gasteiger partial charge in [0.05, 0.1) is 17.8 Å². The molecule has 2 aliphatic heterocycles. The van der Waals surface area contributed by atoms with Crippen molar-refractivity contribution < 1.29 is 14.3 Å². The molecule has 0 unspecified atom stereocenters. The van der Waals surface area contributed by atoms with Gasteiger partial charge in [0.2, 0.25) is 11.8 Å². The van der Waals surface area contributed by atoms with E-state index in [9.17, 15) is 9.59 Å². The number of amides is 2. The Morgan fingerprint density at radius 1 is 1.17 bits per heavy atom. The number of fused-ring (bicyclic) bond motifs is 3. The third kappa shape index (κ3) is 3.80. The molecule has 2 amide bonds. The molecule has 1 N–H and O–H groups in total. The topological polar surface area (TPSA) is 107 Å². The van der Waals surface area contributed by atoms with E-state index >= 15 is 0 Å². The largest absolute Gasteiger partial charge is 0.439 e. The van der Waals surface area contributed by atoms with E-state index < -0.39 is 0 Å². The summed E-state index contributed by atoms with van der Waals surface area (Å²) in [6, 6.07) is 9.13. The van der Waals surface area contributed by atoms with Gasteiger partial charge in [-0.1, -0.05) is 0 Å². The van der Waals surface area contributed by atoms with Crippen molar-refractivity contribution >= 4 is 28.7 Å². The lowest BCUT2D eigenvalue weighted by Gasteiger charge is -2.33. The van der Waals surface area contributed by atoms with Gasteiger partial charge in [0.15, 0.2) is 5.82 Å². The molecule has 1 aromatic carbocycles. The maximum atomic E-state index is 12.9. The molecule has 2 aliphatic rings. The number of carbonyl (C=O) groups is 2. The first kappa shape index (κ1) is 21.3. The number of ether oxygens (including phenoxy) is 1. The van der Waals surface area contributed by atoms with Crippen LogP contribution in [0.15, 0.2) is 42.9 Å². The zero-order valence-electron chi connectivity index (χ0n) is 19.6. The van der Waals surface area contributed by atoms with Gasteiger partial charge in [0, 0.05) is 48.4 Å². The smallest absolute Gasteiger partial charge is 0.331 e. The molecule has 0 saturated carbocycles. The molecule has 3 aromatic heterocycles. The highest BCUT2D eigenvalue weighted by Crippen LogP contribution is 2.32. The highest BCUT2D eigenvalue weighted by Gasteiger charge is 2.28. The van der Waals surface area contributed by atoms with Crippen LogP contribution in [-0.2, 0) is 30.7 Å². The molecule has 0 fully saturated rings. The van der Waals surface area contributed by atoms with Gasteiger partial charge in [-0.25, -0.2) is 14.8 Å². The van der Waals surface area contributed by atoms with E-state index in [0.717, 1.165) is 47.2 Å². The number of hydrogen-bond donors (Lipinski definition) is 1. The molecule has 0 spiro atoms. The first-order chi connectivity index (χ1) is 17.0. The minimum atomic E-state index is -0.265. The third-order valence-electron chi connectivity index (χ3n) is 6.75. The van der Waals surface area contributed by atoms with Gasteiger partial charge in [-0.2, -0.15) is 5.10 Å². The molecule has 0 bridgehead atoms. The Morgan fingerprint density at radius 3 is 2.89 bits per heavy atom. The molecule has 0 saturated heterocycles. The average Bonchev–Trinajstić information content (AvgIpc) is 3.53. The normalized spacial score (nSPS) is 16.7. The lowest BCUT2D eigenvalue weighted by atomic mass is 9.99. The molecule has 10 nitrogen and oxygen atoms in total. The second-order valence-corrected chi connectivity index (χ2v) is 9.09. The highest BCUT2D eigenvalue weighted by molar-refractivity contribution is 5.98. The van der Waals surface area contributed by atoms with Crippen LogP contribution in [0, 0.1) is 0 Å². The van der Waals surface area contributed by atoms with Crippen LogP contribution < -0.4 is 10.1 Å². The SMILES string of the molecule is CC(=O)N1Cc2ncnc(Oc3ccc4c(ccn4C(=O)Nc4cc5n(n4)CCC5)c3)c2C[C@@H]1C. The Balaban J connectivity index is 1.22. The second kappa shape index (κ2) is 8.23. The molecular weight excluding hydrogens is 446 g/mol. The maximum absolute atomic E-state index is 12.9. The van der Waals surface area contributed by atoms with Crippen LogP contribution in [-0.4, -0.2) is 47.2 Å². The van der Waals surface area contributed by atoms with Crippen molar-refractivity contribution in [2.75, 3.05) is 5.32 Å². The van der Waals surface area contributed by atoms with Crippen LogP contribution in [0.1, 0.15) is 37.2 Å². The molecule has 0 aliphatic carbocycles. The summed E-state index contributed by atoms with van der Waals surface area (Å²) in [7, 11) is 0. The Labute approximate surface area is 201 Å². The van der Waals surface area contributed by atoms with Gasteiger partial charge in [-0.05, 0) is 50.5 Å². The van der Waals surface area contributed by atoms with E-state index in [1.165, 1.54) is 6.33 Å². The number of rotatable bonds is 3. The van der Waals surface area contributed by atoms with Crippen molar-refractivity contribution in [3.8, 4) is 11.6 Å². The van der Waals surface area contributed by atoms with Gasteiger partial charge < -0.3 is 9.64 Å². The van der Waals surface area contributed by atoms with Crippen molar-refractivity contribution in [1.82, 2.24) is 29.2 Å². The molecule has 35 heavy (non-hydrogen) atoms. The van der Waals surface area contributed by atoms with Gasteiger partial charge in [0.1, 0.15) is 12.1 Å². The molecule has 6 rings (SSSR count). The summed E-state index contributed by atoms with van der Waals surface area (Å²) in [6.45, 7) is 4.92. The summed E-state index contributed by atoms with van der Waals surface area (Å²) in [5, 5.41) is 8.20. The summed E-state index contributed by atoms with van der Waals surface area (Å²) in [5.74, 6) is 1.70. The van der Waals surface area contributed by atoms with Crippen LogP contribution in [0.5, 0.6) is 11.6 Å². The Bertz CT molecular complexity index is 1450. The molecule has 0 radical (unpaired) electrons. The number of aromatic nitrogens is 5. The number of nitrogens with one attached hydrogen (secondary N) is 1. The predicted molar refractivity (Wildman–Crippen MR) is 128 cm³/mol. The number of nitrogens with zero attached hydrogens (tertiary/aromatic N) is 6. The first-order valence-electron chi connectivity index (χ1n) is 11.7. The number of aryl methyl sites for hydroxylation is 2. The maximum Gasteiger partial charge on any atom is 0.331 e. The van der Waals surface area contributed by atoms with Crippen LogP contribution >= 0.6 is 0 Å². The lowest BCUT2D eigenvalue weighted by molar-refractivity contribution is -0.132. The van der Waals surface area contributed by atoms with Crippen molar-refractivity contribution in [1.29, 1.82) is 0 Å². The van der Waals surface area contributed by atoms with E-state index in [-0.39, 0.29) is 18.0 Å². The molecule has 4 aromatic rings. The quantitative estimate of drug-likeness (QED) is 0.488. The first-order valence-corrected chi connectivity index (χ1v) is 11.7. The predicted octanol–water partition coefficient (Wildman–Crippen LogP) is 3.74. The number of benzene rings is 1. The monoisotopic (exact) mass is 471 g/mol. The lowest BCUT2D eigenvalue weighted by Crippen LogP contribution is -2.41. The van der Waals surface area contributed by atoms with Crippen molar-refractivity contribution in [2.45, 2.75) is 52.2 Å². The zero-order chi connectivity index (χ0) is 24.1. The number of hydrogen-bond acceptors (Lipinski definition) is 6. The van der Waals surface area contributed by atoms with Gasteiger partial charge in [0.25, 0.3) is 0 Å². The molecule has 178 valence electrons. The fourth-order valence-corrected chi connectivity index (χ4v) is 4.97. The van der Waals surface area contributed by atoms with E-state index in [2.05, 4.69) is 20.4 Å². The van der Waals surface area contributed by atoms with Gasteiger partial charge >= 0.3 is 6.03 Å². The van der Waals surface area contributed by atoms with Crippen molar-refractivity contribution in [2.24, 2.45) is 0 Å². The molecular formula is C25H25N7O3. The molecule has 10 heteroatoms. The number of anilines is 1. The third-order valence-corrected chi connectivity index (χ3v) is 6.75. The Morgan fingerprint density at radius 2 is 2.06 bits per heavy atom. The van der Waals surface area contributed by atoms with Crippen LogP contribution in [0.3, 0.4) is 0 Å². The summed E-state index contributed by atoms with van der Waals surface area (Å²) in [5.41, 5.74) is 3.63. The Hall–Kier alpha value is -4.21. The summed E-state index contributed by atoms with van der Waals surface area (Å²) in [6.07, 6.45) is 5.91. The summed E-state index contributed by atoms with van der Waals surface area (Å²) >= 11 is 0. The van der Waals surface area contributed by atoms with Crippen molar-refractivity contribution in [3.63, 3.8) is 0 Å². The molecule has 1 atom stereocenters. The fourth-order valence-electron chi connectivity index (χ4n) is 4.97. The van der Waals surface area contributed by atoms with E-state index in [0.29, 0.717) is 30.4 Å². The second-order valence-electron chi connectivity index (χ2n) is 9.09. The number of carbonyl (C=O) groups excluding carboxylic acids is 2. The van der Waals surface area contributed by atoms with Gasteiger partial charge in [-0.3, -0.25) is 19.4 Å². The minimum absolute atomic E-state index is 0.0280. The van der Waals surface area contributed by atoms with Crippen molar-refractivity contribution in [3.05, 3.63) is 59.8 Å². The minimum Gasteiger partial charge on any atom is -0.439 e. The average molecular weight is 472 g/mol. The van der Waals surface area contributed by atoms with Crippen LogP contribution in [0.2, 0.25) is 0 Å². The Kier molecular flexibility index (Phi) is 5.01. The zero-order valence-corrected chi connectivity index (χ0v) is 19.6. The van der Waals surface area contributed by atoms with Crippen LogP contribution in [0.4, 0.5) is 10.6 Å².